The molecular weight excluding hydrogens is 333 g/mol. The summed E-state index contributed by atoms with van der Waals surface area (Å²) in [6, 6.07) is 9.47. The normalized spacial score (nSPS) is 11.7. The molecular formula is C19H18FN5O. The maximum Gasteiger partial charge on any atom is 0.160 e. The number of ketones is 1. The first-order chi connectivity index (χ1) is 12.5. The summed E-state index contributed by atoms with van der Waals surface area (Å²) >= 11 is 0. The van der Waals surface area contributed by atoms with Crippen LogP contribution in [0.2, 0.25) is 0 Å². The van der Waals surface area contributed by atoms with Crippen LogP contribution in [0.15, 0.2) is 55.0 Å². The summed E-state index contributed by atoms with van der Waals surface area (Å²) in [5.74, 6) is 1.17. The van der Waals surface area contributed by atoms with E-state index < -0.39 is 0 Å². The smallest absolute Gasteiger partial charge is 0.160 e. The van der Waals surface area contributed by atoms with E-state index >= 15 is 0 Å². The Kier molecular flexibility index (Phi) is 5.17. The molecule has 0 aliphatic heterocycles. The summed E-state index contributed by atoms with van der Waals surface area (Å²) in [6.45, 7) is 3.43. The number of nitrogens with zero attached hydrogens (tertiary/aromatic N) is 3. The Balaban J connectivity index is 1.85. The first-order valence-electron chi connectivity index (χ1n) is 8.09. The maximum absolute atomic E-state index is 13.1. The van der Waals surface area contributed by atoms with Crippen LogP contribution in [-0.2, 0) is 0 Å². The molecule has 3 rings (SSSR count). The fourth-order valence-electron chi connectivity index (χ4n) is 2.42. The van der Waals surface area contributed by atoms with Crippen molar-refractivity contribution in [3.8, 4) is 0 Å². The molecule has 0 aliphatic rings. The number of Topliss-reactive ketones (excluding diaryl/α,β-unsaturated/α-hetero) is 1. The van der Waals surface area contributed by atoms with Gasteiger partial charge in [-0.3, -0.25) is 9.78 Å². The number of anilines is 3. The van der Waals surface area contributed by atoms with Crippen LogP contribution in [0.5, 0.6) is 0 Å². The predicted molar refractivity (Wildman–Crippen MR) is 98.0 cm³/mol. The van der Waals surface area contributed by atoms with Gasteiger partial charge in [0.1, 0.15) is 23.3 Å². The lowest BCUT2D eigenvalue weighted by molar-refractivity contribution is 0.101. The monoisotopic (exact) mass is 351 g/mol. The number of halogens is 1. The van der Waals surface area contributed by atoms with Gasteiger partial charge < -0.3 is 10.6 Å². The van der Waals surface area contributed by atoms with Gasteiger partial charge in [-0.15, -0.1) is 0 Å². The lowest BCUT2D eigenvalue weighted by atomic mass is 10.1. The van der Waals surface area contributed by atoms with Crippen molar-refractivity contribution in [2.24, 2.45) is 0 Å². The Bertz CT molecular complexity index is 900. The Labute approximate surface area is 150 Å². The number of hydrogen-bond donors (Lipinski definition) is 2. The molecule has 0 fully saturated rings. The van der Waals surface area contributed by atoms with Crippen molar-refractivity contribution in [1.29, 1.82) is 0 Å². The average Bonchev–Trinajstić information content (AvgIpc) is 2.63. The number of carbonyl (C=O) groups excluding carboxylic acids is 1. The van der Waals surface area contributed by atoms with Crippen molar-refractivity contribution >= 4 is 23.2 Å². The van der Waals surface area contributed by atoms with E-state index in [1.54, 1.807) is 42.9 Å². The molecule has 0 amide bonds. The summed E-state index contributed by atoms with van der Waals surface area (Å²) < 4.78 is 13.1. The second-order valence-corrected chi connectivity index (χ2v) is 5.82. The minimum atomic E-state index is -0.284. The molecule has 1 aromatic carbocycles. The van der Waals surface area contributed by atoms with E-state index in [4.69, 9.17) is 0 Å². The minimum absolute atomic E-state index is 0.0768. The number of hydrogen-bond acceptors (Lipinski definition) is 6. The quantitative estimate of drug-likeness (QED) is 0.650. The fourth-order valence-corrected chi connectivity index (χ4v) is 2.42. The van der Waals surface area contributed by atoms with Crippen LogP contribution in [0.3, 0.4) is 0 Å². The van der Waals surface area contributed by atoms with Crippen molar-refractivity contribution in [2.45, 2.75) is 19.9 Å². The highest BCUT2D eigenvalue weighted by Crippen LogP contribution is 2.22. The largest absolute Gasteiger partial charge is 0.363 e. The number of nitrogens with one attached hydrogen (secondary N) is 2. The van der Waals surface area contributed by atoms with E-state index in [1.165, 1.54) is 19.1 Å². The lowest BCUT2D eigenvalue weighted by Gasteiger charge is -2.16. The van der Waals surface area contributed by atoms with Gasteiger partial charge >= 0.3 is 0 Å². The first-order valence-corrected chi connectivity index (χ1v) is 8.09. The zero-order chi connectivity index (χ0) is 18.5. The molecule has 7 heteroatoms. The Morgan fingerprint density at radius 2 is 1.81 bits per heavy atom. The summed E-state index contributed by atoms with van der Waals surface area (Å²) in [6.07, 6.45) is 4.70. The van der Waals surface area contributed by atoms with Crippen LogP contribution in [0, 0.1) is 5.82 Å². The second-order valence-electron chi connectivity index (χ2n) is 5.82. The molecule has 2 N–H and O–H groups in total. The third-order valence-corrected chi connectivity index (χ3v) is 3.79. The molecule has 3 aromatic rings. The van der Waals surface area contributed by atoms with Gasteiger partial charge in [-0.05, 0) is 43.7 Å². The Hall–Kier alpha value is -3.35. The van der Waals surface area contributed by atoms with E-state index in [-0.39, 0.29) is 17.6 Å². The summed E-state index contributed by atoms with van der Waals surface area (Å²) in [4.78, 5) is 24.5. The van der Waals surface area contributed by atoms with Crippen molar-refractivity contribution < 1.29 is 9.18 Å². The Morgan fingerprint density at radius 1 is 1.08 bits per heavy atom. The molecule has 2 aromatic heterocycles. The SMILES string of the molecule is CC(=O)c1cc(Nc2cnccn2)nc(N[C@@H](C)c2ccc(F)cc2)c1. The molecule has 0 saturated heterocycles. The molecule has 0 bridgehead atoms. The summed E-state index contributed by atoms with van der Waals surface area (Å²) in [5, 5.41) is 6.27. The third-order valence-electron chi connectivity index (χ3n) is 3.79. The van der Waals surface area contributed by atoms with Crippen molar-refractivity contribution in [3.63, 3.8) is 0 Å². The number of benzene rings is 1. The maximum atomic E-state index is 13.1. The molecule has 26 heavy (non-hydrogen) atoms. The van der Waals surface area contributed by atoms with Crippen LogP contribution in [-0.4, -0.2) is 20.7 Å². The molecule has 1 atom stereocenters. The molecule has 0 spiro atoms. The van der Waals surface area contributed by atoms with Gasteiger partial charge in [0, 0.05) is 24.0 Å². The van der Waals surface area contributed by atoms with Crippen molar-refractivity contribution in [3.05, 3.63) is 71.9 Å². The van der Waals surface area contributed by atoms with E-state index in [9.17, 15) is 9.18 Å². The Morgan fingerprint density at radius 3 is 2.46 bits per heavy atom. The molecule has 132 valence electrons. The number of rotatable bonds is 6. The van der Waals surface area contributed by atoms with Crippen LogP contribution in [0.1, 0.15) is 35.8 Å². The first kappa shape index (κ1) is 17.5. The third kappa shape index (κ3) is 4.38. The molecule has 6 nitrogen and oxygen atoms in total. The average molecular weight is 351 g/mol. The van der Waals surface area contributed by atoms with Gasteiger partial charge in [-0.1, -0.05) is 12.1 Å². The van der Waals surface area contributed by atoms with Crippen LogP contribution in [0.25, 0.3) is 0 Å². The minimum Gasteiger partial charge on any atom is -0.363 e. The van der Waals surface area contributed by atoms with Gasteiger partial charge in [0.15, 0.2) is 5.78 Å². The van der Waals surface area contributed by atoms with E-state index in [0.29, 0.717) is 23.0 Å². The summed E-state index contributed by atoms with van der Waals surface area (Å²) in [5.41, 5.74) is 1.42. The molecule has 0 saturated carbocycles. The number of aromatic nitrogens is 3. The zero-order valence-corrected chi connectivity index (χ0v) is 14.4. The number of carbonyl (C=O) groups is 1. The van der Waals surface area contributed by atoms with Gasteiger partial charge in [-0.2, -0.15) is 0 Å². The molecule has 0 aliphatic carbocycles. The zero-order valence-electron chi connectivity index (χ0n) is 14.4. The van der Waals surface area contributed by atoms with E-state index in [2.05, 4.69) is 25.6 Å². The predicted octanol–water partition coefficient (Wildman–Crippen LogP) is 4.13. The van der Waals surface area contributed by atoms with Gasteiger partial charge in [0.25, 0.3) is 0 Å². The van der Waals surface area contributed by atoms with Crippen molar-refractivity contribution in [2.75, 3.05) is 10.6 Å². The van der Waals surface area contributed by atoms with Gasteiger partial charge in [0.05, 0.1) is 6.20 Å². The standard InChI is InChI=1S/C19H18FN5O/c1-12(14-3-5-16(20)6-4-14)23-17-9-15(13(2)26)10-18(24-17)25-19-11-21-7-8-22-19/h3-12H,1-2H3,(H2,22,23,24,25)/t12-/m0/s1. The topological polar surface area (TPSA) is 79.8 Å². The van der Waals surface area contributed by atoms with Crippen LogP contribution >= 0.6 is 0 Å². The highest BCUT2D eigenvalue weighted by atomic mass is 19.1. The van der Waals surface area contributed by atoms with Crippen LogP contribution in [0.4, 0.5) is 21.8 Å². The highest BCUT2D eigenvalue weighted by molar-refractivity contribution is 5.95. The molecule has 0 radical (unpaired) electrons. The van der Waals surface area contributed by atoms with Gasteiger partial charge in [-0.25, -0.2) is 14.4 Å². The highest BCUT2D eigenvalue weighted by Gasteiger charge is 2.11. The van der Waals surface area contributed by atoms with Crippen LogP contribution < -0.4 is 10.6 Å². The molecule has 2 heterocycles. The van der Waals surface area contributed by atoms with Gasteiger partial charge in [0.2, 0.25) is 0 Å². The fraction of sp³-hybridized carbons (Fsp3) is 0.158. The van der Waals surface area contributed by atoms with E-state index in [0.717, 1.165) is 5.56 Å². The lowest BCUT2D eigenvalue weighted by Crippen LogP contribution is -2.10. The van der Waals surface area contributed by atoms with Crippen molar-refractivity contribution in [1.82, 2.24) is 15.0 Å². The summed E-state index contributed by atoms with van der Waals surface area (Å²) in [7, 11) is 0. The van der Waals surface area contributed by atoms with E-state index in [1.807, 2.05) is 6.92 Å². The molecule has 0 unspecified atom stereocenters. The number of pyridine rings is 1. The second kappa shape index (κ2) is 7.69.